The number of carbonyl (C=O) groups is 2. The lowest BCUT2D eigenvalue weighted by atomic mass is 10.1. The lowest BCUT2D eigenvalue weighted by Gasteiger charge is -2.15. The monoisotopic (exact) mass is 547 g/mol. The molecule has 0 N–H and O–H groups in total. The summed E-state index contributed by atoms with van der Waals surface area (Å²) in [7, 11) is 1.51. The first-order valence-corrected chi connectivity index (χ1v) is 12.5. The zero-order valence-corrected chi connectivity index (χ0v) is 21.9. The van der Waals surface area contributed by atoms with Gasteiger partial charge in [-0.15, -0.1) is 0 Å². The number of rotatable bonds is 7. The molecule has 0 bridgehead atoms. The molecule has 0 unspecified atom stereocenters. The fraction of sp³-hybridized carbons (Fsp3) is 0.154. The van der Waals surface area contributed by atoms with E-state index in [4.69, 9.17) is 44.3 Å². The molecule has 4 rings (SSSR count). The summed E-state index contributed by atoms with van der Waals surface area (Å²) in [5.74, 6) is 0.374. The number of amides is 2. The second-order valence-electron chi connectivity index (χ2n) is 7.78. The van der Waals surface area contributed by atoms with Gasteiger partial charge in [0.05, 0.1) is 23.6 Å². The average molecular weight is 549 g/mol. The third-order valence-corrected chi connectivity index (χ3v) is 7.16. The lowest BCUT2D eigenvalue weighted by Crippen LogP contribution is -2.27. The van der Waals surface area contributed by atoms with Gasteiger partial charge in [0.25, 0.3) is 11.1 Å². The minimum Gasteiger partial charge on any atom is -0.493 e. The van der Waals surface area contributed by atoms with Crippen LogP contribution in [-0.4, -0.2) is 23.2 Å². The van der Waals surface area contributed by atoms with Gasteiger partial charge in [0.2, 0.25) is 0 Å². The van der Waals surface area contributed by atoms with E-state index in [1.165, 1.54) is 7.11 Å². The lowest BCUT2D eigenvalue weighted by molar-refractivity contribution is -0.123. The predicted octanol–water partition coefficient (Wildman–Crippen LogP) is 7.78. The topological polar surface area (TPSA) is 55.8 Å². The number of thioether (sulfide) groups is 1. The van der Waals surface area contributed by atoms with Crippen molar-refractivity contribution in [2.24, 2.45) is 0 Å². The zero-order valence-electron chi connectivity index (χ0n) is 18.8. The number of methoxy groups -OCH3 is 1. The summed E-state index contributed by atoms with van der Waals surface area (Å²) < 4.78 is 11.4. The van der Waals surface area contributed by atoms with Crippen molar-refractivity contribution in [3.63, 3.8) is 0 Å². The number of carbonyl (C=O) groups excluding carboxylic acids is 2. The Kier molecular flexibility index (Phi) is 7.97. The van der Waals surface area contributed by atoms with Crippen molar-refractivity contribution < 1.29 is 19.1 Å². The molecule has 1 saturated heterocycles. The molecule has 2 amide bonds. The van der Waals surface area contributed by atoms with Gasteiger partial charge in [0, 0.05) is 15.6 Å². The maximum atomic E-state index is 13.0. The Labute approximate surface area is 222 Å². The highest BCUT2D eigenvalue weighted by molar-refractivity contribution is 8.18. The Morgan fingerprint density at radius 2 is 1.69 bits per heavy atom. The van der Waals surface area contributed by atoms with Crippen molar-refractivity contribution >= 4 is 63.8 Å². The van der Waals surface area contributed by atoms with E-state index in [2.05, 4.69) is 0 Å². The van der Waals surface area contributed by atoms with Crippen LogP contribution in [-0.2, 0) is 17.9 Å². The molecule has 1 fully saturated rings. The van der Waals surface area contributed by atoms with Crippen LogP contribution in [0.25, 0.3) is 6.08 Å². The van der Waals surface area contributed by atoms with E-state index in [0.29, 0.717) is 44.3 Å². The molecular formula is C26H20Cl3NO4S. The number of aryl methyl sites for hydroxylation is 1. The van der Waals surface area contributed by atoms with Gasteiger partial charge in [-0.1, -0.05) is 70.7 Å². The summed E-state index contributed by atoms with van der Waals surface area (Å²) in [5, 5.41) is 0.690. The molecule has 35 heavy (non-hydrogen) atoms. The molecule has 9 heteroatoms. The summed E-state index contributed by atoms with van der Waals surface area (Å²) in [4.78, 5) is 26.9. The molecule has 0 saturated carbocycles. The van der Waals surface area contributed by atoms with E-state index in [1.807, 2.05) is 31.2 Å². The quantitative estimate of drug-likeness (QED) is 0.282. The van der Waals surface area contributed by atoms with E-state index in [0.717, 1.165) is 27.8 Å². The summed E-state index contributed by atoms with van der Waals surface area (Å²) in [6.07, 6.45) is 1.60. The Balaban J connectivity index is 1.55. The van der Waals surface area contributed by atoms with Gasteiger partial charge in [-0.25, -0.2) is 0 Å². The molecule has 5 nitrogen and oxygen atoms in total. The van der Waals surface area contributed by atoms with Crippen molar-refractivity contribution in [1.29, 1.82) is 0 Å². The van der Waals surface area contributed by atoms with E-state index in [1.54, 1.807) is 36.4 Å². The average Bonchev–Trinajstić information content (AvgIpc) is 3.07. The van der Waals surface area contributed by atoms with Crippen molar-refractivity contribution in [3.8, 4) is 11.5 Å². The number of imide groups is 1. The summed E-state index contributed by atoms with van der Waals surface area (Å²) in [5.41, 5.74) is 3.24. The normalized spacial score (nSPS) is 14.7. The van der Waals surface area contributed by atoms with Crippen LogP contribution < -0.4 is 9.47 Å². The molecule has 0 spiro atoms. The number of benzene rings is 3. The standard InChI is InChI=1S/C26H20Cl3NO4S/c1-15-5-3-6-16(9-15)14-34-24-21(29)10-17(11-22(24)33-2)12-23-25(31)30(26(32)35-23)13-18-19(27)7-4-8-20(18)28/h3-12H,13-14H2,1-2H3/b23-12-. The number of hydrogen-bond donors (Lipinski definition) is 0. The van der Waals surface area contributed by atoms with Gasteiger partial charge >= 0.3 is 0 Å². The Morgan fingerprint density at radius 1 is 0.971 bits per heavy atom. The van der Waals surface area contributed by atoms with Crippen LogP contribution >= 0.6 is 46.6 Å². The predicted molar refractivity (Wildman–Crippen MR) is 141 cm³/mol. The second-order valence-corrected chi connectivity index (χ2v) is 9.99. The first kappa shape index (κ1) is 25.5. The Hall–Kier alpha value is -2.64. The molecule has 0 radical (unpaired) electrons. The SMILES string of the molecule is COc1cc(/C=C2\SC(=O)N(Cc3c(Cl)cccc3Cl)C2=O)cc(Cl)c1OCc1cccc(C)c1. The highest BCUT2D eigenvalue weighted by atomic mass is 35.5. The third-order valence-electron chi connectivity index (χ3n) is 5.27. The molecule has 0 aromatic heterocycles. The first-order chi connectivity index (χ1) is 16.8. The van der Waals surface area contributed by atoms with Gasteiger partial charge in [-0.3, -0.25) is 14.5 Å². The van der Waals surface area contributed by atoms with Crippen LogP contribution in [0.4, 0.5) is 4.79 Å². The van der Waals surface area contributed by atoms with Crippen LogP contribution in [0.3, 0.4) is 0 Å². The van der Waals surface area contributed by atoms with Gasteiger partial charge in [0.15, 0.2) is 11.5 Å². The summed E-state index contributed by atoms with van der Waals surface area (Å²) in [6, 6.07) is 16.4. The maximum absolute atomic E-state index is 13.0. The summed E-state index contributed by atoms with van der Waals surface area (Å²) in [6.45, 7) is 2.31. The molecule has 0 atom stereocenters. The van der Waals surface area contributed by atoms with E-state index < -0.39 is 11.1 Å². The Bertz CT molecular complexity index is 1320. The first-order valence-electron chi connectivity index (χ1n) is 10.5. The van der Waals surface area contributed by atoms with Crippen LogP contribution in [0.1, 0.15) is 22.3 Å². The molecule has 1 heterocycles. The minimum atomic E-state index is -0.439. The molecule has 1 aliphatic rings. The zero-order chi connectivity index (χ0) is 25.1. The fourth-order valence-electron chi connectivity index (χ4n) is 3.55. The van der Waals surface area contributed by atoms with Gasteiger partial charge < -0.3 is 9.47 Å². The largest absolute Gasteiger partial charge is 0.493 e. The molecule has 3 aromatic rings. The van der Waals surface area contributed by atoms with Crippen LogP contribution in [0.15, 0.2) is 59.5 Å². The molecule has 1 aliphatic heterocycles. The highest BCUT2D eigenvalue weighted by Crippen LogP contribution is 2.40. The van der Waals surface area contributed by atoms with Gasteiger partial charge in [0.1, 0.15) is 6.61 Å². The smallest absolute Gasteiger partial charge is 0.293 e. The van der Waals surface area contributed by atoms with Crippen LogP contribution in [0.5, 0.6) is 11.5 Å². The minimum absolute atomic E-state index is 0.0175. The third kappa shape index (κ3) is 5.78. The number of hydrogen-bond acceptors (Lipinski definition) is 5. The number of nitrogens with zero attached hydrogens (tertiary/aromatic N) is 1. The molecule has 180 valence electrons. The van der Waals surface area contributed by atoms with Crippen LogP contribution in [0.2, 0.25) is 15.1 Å². The van der Waals surface area contributed by atoms with E-state index in [9.17, 15) is 9.59 Å². The Morgan fingerprint density at radius 3 is 2.37 bits per heavy atom. The van der Waals surface area contributed by atoms with Gasteiger partial charge in [-0.2, -0.15) is 0 Å². The van der Waals surface area contributed by atoms with E-state index in [-0.39, 0.29) is 11.4 Å². The molecular weight excluding hydrogens is 529 g/mol. The van der Waals surface area contributed by atoms with Crippen molar-refractivity contribution in [3.05, 3.63) is 96.8 Å². The van der Waals surface area contributed by atoms with Crippen molar-refractivity contribution in [2.75, 3.05) is 7.11 Å². The number of ether oxygens (including phenoxy) is 2. The fourth-order valence-corrected chi connectivity index (χ4v) is 5.18. The van der Waals surface area contributed by atoms with Crippen LogP contribution in [0, 0.1) is 6.92 Å². The highest BCUT2D eigenvalue weighted by Gasteiger charge is 2.35. The summed E-state index contributed by atoms with van der Waals surface area (Å²) >= 11 is 19.8. The maximum Gasteiger partial charge on any atom is 0.293 e. The number of halogens is 3. The van der Waals surface area contributed by atoms with E-state index >= 15 is 0 Å². The molecule has 0 aliphatic carbocycles. The van der Waals surface area contributed by atoms with Crippen molar-refractivity contribution in [1.82, 2.24) is 4.90 Å². The van der Waals surface area contributed by atoms with Crippen molar-refractivity contribution in [2.45, 2.75) is 20.1 Å². The molecule has 3 aromatic carbocycles. The van der Waals surface area contributed by atoms with Gasteiger partial charge in [-0.05, 0) is 60.2 Å². The second kappa shape index (κ2) is 11.0.